The summed E-state index contributed by atoms with van der Waals surface area (Å²) in [6, 6.07) is -1.15. The summed E-state index contributed by atoms with van der Waals surface area (Å²) >= 11 is 4.56. The number of urea groups is 1. The Morgan fingerprint density at radius 3 is 2.95 bits per heavy atom. The zero-order valence-electron chi connectivity index (χ0n) is 11.0. The monoisotopic (exact) mass is 361 g/mol. The van der Waals surface area contributed by atoms with Crippen LogP contribution in [0.1, 0.15) is 26.2 Å². The van der Waals surface area contributed by atoms with Gasteiger partial charge in [-0.25, -0.2) is 14.6 Å². The molecule has 6 nitrogen and oxygen atoms in total. The molecule has 1 saturated heterocycles. The molecule has 20 heavy (non-hydrogen) atoms. The van der Waals surface area contributed by atoms with Gasteiger partial charge in [0.15, 0.2) is 5.13 Å². The van der Waals surface area contributed by atoms with Gasteiger partial charge in [0, 0.05) is 6.54 Å². The minimum Gasteiger partial charge on any atom is -0.480 e. The maximum absolute atomic E-state index is 12.2. The Hall–Kier alpha value is -1.15. The van der Waals surface area contributed by atoms with Crippen LogP contribution in [0.5, 0.6) is 0 Å². The number of amides is 2. The van der Waals surface area contributed by atoms with Gasteiger partial charge in [-0.05, 0) is 34.7 Å². The number of carbonyl (C=O) groups excluding carboxylic acids is 1. The van der Waals surface area contributed by atoms with Gasteiger partial charge >= 0.3 is 12.0 Å². The predicted octanol–water partition coefficient (Wildman–Crippen LogP) is 3.01. The van der Waals surface area contributed by atoms with E-state index in [0.29, 0.717) is 24.0 Å². The molecule has 2 heterocycles. The van der Waals surface area contributed by atoms with Crippen LogP contribution in [-0.4, -0.2) is 39.6 Å². The largest absolute Gasteiger partial charge is 0.480 e. The molecule has 1 aromatic rings. The van der Waals surface area contributed by atoms with Gasteiger partial charge in [0.25, 0.3) is 0 Å². The van der Waals surface area contributed by atoms with Gasteiger partial charge in [0.05, 0.1) is 9.98 Å². The number of piperidine rings is 1. The van der Waals surface area contributed by atoms with Crippen LogP contribution in [0, 0.1) is 5.92 Å². The van der Waals surface area contributed by atoms with Gasteiger partial charge in [-0.2, -0.15) is 0 Å². The Kier molecular flexibility index (Phi) is 4.98. The first-order valence-electron chi connectivity index (χ1n) is 6.43. The molecule has 1 fully saturated rings. The molecule has 0 aliphatic carbocycles. The molecule has 0 saturated carbocycles. The lowest BCUT2D eigenvalue weighted by atomic mass is 9.89. The highest BCUT2D eigenvalue weighted by Crippen LogP contribution is 2.27. The number of aliphatic carboxylic acids is 1. The van der Waals surface area contributed by atoms with Crippen molar-refractivity contribution in [2.24, 2.45) is 5.92 Å². The highest BCUT2D eigenvalue weighted by Gasteiger charge is 2.35. The molecule has 2 N–H and O–H groups in total. The van der Waals surface area contributed by atoms with Gasteiger partial charge in [-0.3, -0.25) is 5.32 Å². The number of aromatic nitrogens is 1. The van der Waals surface area contributed by atoms with Gasteiger partial charge in [0.2, 0.25) is 0 Å². The maximum Gasteiger partial charge on any atom is 0.326 e. The third-order valence-electron chi connectivity index (χ3n) is 3.53. The number of rotatable bonds is 3. The fourth-order valence-electron chi connectivity index (χ4n) is 2.36. The highest BCUT2D eigenvalue weighted by atomic mass is 79.9. The number of halogens is 1. The zero-order valence-corrected chi connectivity index (χ0v) is 13.4. The van der Waals surface area contributed by atoms with Crippen LogP contribution >= 0.6 is 27.3 Å². The van der Waals surface area contributed by atoms with Gasteiger partial charge in [-0.15, -0.1) is 0 Å². The average Bonchev–Trinajstić information content (AvgIpc) is 2.83. The summed E-state index contributed by atoms with van der Waals surface area (Å²) in [6.07, 6.45) is 3.90. The molecule has 0 radical (unpaired) electrons. The lowest BCUT2D eigenvalue weighted by molar-refractivity contribution is -0.143. The molecular formula is C12H16BrN3O3S. The molecule has 1 aliphatic heterocycles. The van der Waals surface area contributed by atoms with E-state index in [-0.39, 0.29) is 0 Å². The number of carboxylic acid groups (broad SMARTS) is 1. The third kappa shape index (κ3) is 3.49. The van der Waals surface area contributed by atoms with Crippen molar-refractivity contribution < 1.29 is 14.7 Å². The summed E-state index contributed by atoms with van der Waals surface area (Å²) in [5.74, 6) is -0.576. The molecule has 0 aromatic carbocycles. The van der Waals surface area contributed by atoms with Crippen molar-refractivity contribution in [1.29, 1.82) is 0 Å². The number of hydrogen-bond donors (Lipinski definition) is 2. The van der Waals surface area contributed by atoms with Crippen molar-refractivity contribution in [3.63, 3.8) is 0 Å². The Morgan fingerprint density at radius 1 is 1.65 bits per heavy atom. The van der Waals surface area contributed by atoms with Crippen LogP contribution in [0.4, 0.5) is 9.93 Å². The van der Waals surface area contributed by atoms with E-state index in [0.717, 1.165) is 16.6 Å². The smallest absolute Gasteiger partial charge is 0.326 e. The maximum atomic E-state index is 12.2. The Labute approximate surface area is 129 Å². The zero-order chi connectivity index (χ0) is 14.7. The molecule has 1 aliphatic rings. The van der Waals surface area contributed by atoms with Crippen molar-refractivity contribution >= 4 is 44.4 Å². The number of thiazole rings is 1. The van der Waals surface area contributed by atoms with Crippen LogP contribution in [0.2, 0.25) is 0 Å². The van der Waals surface area contributed by atoms with Crippen LogP contribution < -0.4 is 5.32 Å². The number of carbonyl (C=O) groups is 2. The van der Waals surface area contributed by atoms with Crippen LogP contribution in [0.3, 0.4) is 0 Å². The number of nitrogens with one attached hydrogen (secondary N) is 1. The van der Waals surface area contributed by atoms with Gasteiger partial charge in [-0.1, -0.05) is 24.7 Å². The van der Waals surface area contributed by atoms with E-state index in [9.17, 15) is 14.7 Å². The van der Waals surface area contributed by atoms with E-state index in [4.69, 9.17) is 0 Å². The molecular weight excluding hydrogens is 346 g/mol. The van der Waals surface area contributed by atoms with E-state index in [1.807, 2.05) is 6.92 Å². The van der Waals surface area contributed by atoms with Gasteiger partial charge < -0.3 is 10.0 Å². The topological polar surface area (TPSA) is 82.5 Å². The number of carboxylic acids is 1. The lowest BCUT2D eigenvalue weighted by Crippen LogP contribution is -2.51. The second kappa shape index (κ2) is 6.53. The summed E-state index contributed by atoms with van der Waals surface area (Å²) in [4.78, 5) is 28.9. The highest BCUT2D eigenvalue weighted by molar-refractivity contribution is 9.11. The number of hydrogen-bond acceptors (Lipinski definition) is 4. The summed E-state index contributed by atoms with van der Waals surface area (Å²) in [5.41, 5.74) is 0. The first kappa shape index (κ1) is 15.2. The number of likely N-dealkylation sites (tertiary alicyclic amines) is 1. The summed E-state index contributed by atoms with van der Waals surface area (Å²) < 4.78 is 0.812. The normalized spacial score (nSPS) is 22.6. The van der Waals surface area contributed by atoms with Crippen LogP contribution in [0.25, 0.3) is 0 Å². The second-order valence-corrected chi connectivity index (χ2v) is 7.16. The van der Waals surface area contributed by atoms with Crippen LogP contribution in [0.15, 0.2) is 9.98 Å². The Balaban J connectivity index is 2.05. The van der Waals surface area contributed by atoms with E-state index in [1.54, 1.807) is 6.20 Å². The van der Waals surface area contributed by atoms with Crippen molar-refractivity contribution in [1.82, 2.24) is 9.88 Å². The minimum atomic E-state index is -0.946. The SMILES string of the molecule is CCC1CCN(C(=O)Nc2ncc(Br)s2)C(C(=O)O)C1. The average molecular weight is 362 g/mol. The Morgan fingerprint density at radius 2 is 2.40 bits per heavy atom. The Bertz CT molecular complexity index is 508. The van der Waals surface area contributed by atoms with E-state index in [1.165, 1.54) is 16.2 Å². The third-order valence-corrected chi connectivity index (χ3v) is 4.92. The quantitative estimate of drug-likeness (QED) is 0.866. The molecule has 2 atom stereocenters. The summed E-state index contributed by atoms with van der Waals surface area (Å²) in [7, 11) is 0. The van der Waals surface area contributed by atoms with E-state index >= 15 is 0 Å². The van der Waals surface area contributed by atoms with E-state index in [2.05, 4.69) is 26.2 Å². The number of anilines is 1. The lowest BCUT2D eigenvalue weighted by Gasteiger charge is -2.36. The van der Waals surface area contributed by atoms with Crippen molar-refractivity contribution in [2.75, 3.05) is 11.9 Å². The predicted molar refractivity (Wildman–Crippen MR) is 80.0 cm³/mol. The molecule has 0 spiro atoms. The van der Waals surface area contributed by atoms with Crippen molar-refractivity contribution in [3.8, 4) is 0 Å². The second-order valence-electron chi connectivity index (χ2n) is 4.75. The molecule has 1 aromatic heterocycles. The molecule has 110 valence electrons. The fraction of sp³-hybridized carbons (Fsp3) is 0.583. The van der Waals surface area contributed by atoms with Crippen molar-refractivity contribution in [2.45, 2.75) is 32.2 Å². The summed E-state index contributed by atoms with van der Waals surface area (Å²) in [6.45, 7) is 2.51. The van der Waals surface area contributed by atoms with Crippen LogP contribution in [-0.2, 0) is 4.79 Å². The first-order valence-corrected chi connectivity index (χ1v) is 8.04. The molecule has 8 heteroatoms. The fourth-order valence-corrected chi connectivity index (χ4v) is 3.46. The van der Waals surface area contributed by atoms with E-state index < -0.39 is 18.0 Å². The van der Waals surface area contributed by atoms with Gasteiger partial charge in [0.1, 0.15) is 6.04 Å². The first-order chi connectivity index (χ1) is 9.51. The summed E-state index contributed by atoms with van der Waals surface area (Å²) in [5, 5.41) is 12.4. The number of nitrogens with zero attached hydrogens (tertiary/aromatic N) is 2. The molecule has 0 bridgehead atoms. The minimum absolute atomic E-state index is 0.370. The standard InChI is InChI=1S/C12H16BrN3O3S/c1-2-7-3-4-16(8(5-7)10(17)18)12(19)15-11-14-6-9(13)20-11/h6-8H,2-5H2,1H3,(H,17,18)(H,14,15,19). The van der Waals surface area contributed by atoms with Crippen molar-refractivity contribution in [3.05, 3.63) is 9.98 Å². The molecule has 2 amide bonds. The molecule has 2 rings (SSSR count). The molecule has 2 unspecified atom stereocenters.